The van der Waals surface area contributed by atoms with E-state index >= 15 is 0 Å². The summed E-state index contributed by atoms with van der Waals surface area (Å²) in [4.78, 5) is 2.84. The highest BCUT2D eigenvalue weighted by atomic mass is 15.2. The highest BCUT2D eigenvalue weighted by molar-refractivity contribution is 4.96. The number of piperidine rings is 1. The van der Waals surface area contributed by atoms with Crippen molar-refractivity contribution < 1.29 is 0 Å². The lowest BCUT2D eigenvalue weighted by molar-refractivity contribution is 0.0417. The average molecular weight is 236 g/mol. The Labute approximate surface area is 106 Å². The van der Waals surface area contributed by atoms with Crippen LogP contribution in [0.4, 0.5) is 0 Å². The third-order valence-corrected chi connectivity index (χ3v) is 5.37. The van der Waals surface area contributed by atoms with Gasteiger partial charge in [0.1, 0.15) is 0 Å². The summed E-state index contributed by atoms with van der Waals surface area (Å²) in [7, 11) is 0. The van der Waals surface area contributed by atoms with Gasteiger partial charge in [0.2, 0.25) is 0 Å². The Morgan fingerprint density at radius 3 is 2.76 bits per heavy atom. The molecule has 3 atom stereocenters. The fraction of sp³-hybridized carbons (Fsp3) is 1.00. The van der Waals surface area contributed by atoms with Gasteiger partial charge in [0.25, 0.3) is 0 Å². The van der Waals surface area contributed by atoms with Crippen molar-refractivity contribution in [2.24, 2.45) is 5.92 Å². The molecule has 3 fully saturated rings. The molecular weight excluding hydrogens is 208 g/mol. The largest absolute Gasteiger partial charge is 0.310 e. The summed E-state index contributed by atoms with van der Waals surface area (Å²) >= 11 is 0. The zero-order valence-electron chi connectivity index (χ0n) is 11.4. The summed E-state index contributed by atoms with van der Waals surface area (Å²) in [6.45, 7) is 6.33. The van der Waals surface area contributed by atoms with E-state index < -0.39 is 0 Å². The number of hydrogen-bond donors (Lipinski definition) is 1. The molecule has 3 rings (SSSR count). The lowest BCUT2D eigenvalue weighted by atomic mass is 9.77. The van der Waals surface area contributed by atoms with Crippen LogP contribution in [-0.4, -0.2) is 36.1 Å². The van der Waals surface area contributed by atoms with Crippen LogP contribution >= 0.6 is 0 Å². The maximum atomic E-state index is 3.73. The van der Waals surface area contributed by atoms with Gasteiger partial charge in [-0.25, -0.2) is 0 Å². The Hall–Kier alpha value is -0.0800. The normalized spacial score (nSPS) is 43.6. The topological polar surface area (TPSA) is 15.3 Å². The average Bonchev–Trinajstić information content (AvgIpc) is 2.76. The predicted octanol–water partition coefficient (Wildman–Crippen LogP) is 2.78. The maximum absolute atomic E-state index is 3.73. The Balaban J connectivity index is 1.64. The summed E-state index contributed by atoms with van der Waals surface area (Å²) in [6.07, 6.45) is 11.6. The van der Waals surface area contributed by atoms with Gasteiger partial charge >= 0.3 is 0 Å². The summed E-state index contributed by atoms with van der Waals surface area (Å²) in [6, 6.07) is 0.928. The summed E-state index contributed by atoms with van der Waals surface area (Å²) in [5, 5.41) is 3.73. The molecule has 2 saturated heterocycles. The van der Waals surface area contributed by atoms with E-state index in [0.717, 1.165) is 12.0 Å². The molecule has 3 aliphatic rings. The van der Waals surface area contributed by atoms with Crippen LogP contribution in [0.1, 0.15) is 58.3 Å². The molecule has 98 valence electrons. The molecule has 2 aliphatic heterocycles. The first kappa shape index (κ1) is 12.0. The minimum absolute atomic E-state index is 0.416. The first-order valence-corrected chi connectivity index (χ1v) is 7.76. The van der Waals surface area contributed by atoms with Gasteiger partial charge in [0, 0.05) is 18.1 Å². The molecule has 0 bridgehead atoms. The van der Waals surface area contributed by atoms with Gasteiger partial charge in [-0.2, -0.15) is 0 Å². The van der Waals surface area contributed by atoms with Crippen molar-refractivity contribution in [2.75, 3.05) is 19.6 Å². The quantitative estimate of drug-likeness (QED) is 0.793. The standard InChI is InChI=1S/C15H28N2/c1-15(9-5-10-16-15)12-17-11-4-7-13-6-2-3-8-14(13)17/h13-14,16H,2-12H2,1H3/t13-,14-,15?/m1/s1. The summed E-state index contributed by atoms with van der Waals surface area (Å²) in [5.74, 6) is 1.03. The number of nitrogens with zero attached hydrogens (tertiary/aromatic N) is 1. The van der Waals surface area contributed by atoms with E-state index in [1.165, 1.54) is 71.0 Å². The van der Waals surface area contributed by atoms with Crippen molar-refractivity contribution in [3.8, 4) is 0 Å². The Morgan fingerprint density at radius 1 is 1.12 bits per heavy atom. The zero-order valence-corrected chi connectivity index (χ0v) is 11.4. The molecule has 0 aromatic rings. The van der Waals surface area contributed by atoms with Crippen molar-refractivity contribution in [1.82, 2.24) is 10.2 Å². The van der Waals surface area contributed by atoms with Crippen LogP contribution in [0.25, 0.3) is 0 Å². The molecule has 0 radical (unpaired) electrons. The highest BCUT2D eigenvalue weighted by Gasteiger charge is 2.37. The molecule has 2 heteroatoms. The van der Waals surface area contributed by atoms with E-state index in [-0.39, 0.29) is 0 Å². The van der Waals surface area contributed by atoms with Crippen LogP contribution in [0.2, 0.25) is 0 Å². The second-order valence-electron chi connectivity index (χ2n) is 6.82. The number of nitrogens with one attached hydrogen (secondary N) is 1. The van der Waals surface area contributed by atoms with Crippen LogP contribution < -0.4 is 5.32 Å². The van der Waals surface area contributed by atoms with Gasteiger partial charge in [-0.05, 0) is 64.5 Å². The lowest BCUT2D eigenvalue weighted by Gasteiger charge is -2.47. The lowest BCUT2D eigenvalue weighted by Crippen LogP contribution is -2.55. The van der Waals surface area contributed by atoms with Gasteiger partial charge in [-0.3, -0.25) is 4.90 Å². The number of likely N-dealkylation sites (tertiary alicyclic amines) is 1. The van der Waals surface area contributed by atoms with Crippen LogP contribution in [0.5, 0.6) is 0 Å². The van der Waals surface area contributed by atoms with Gasteiger partial charge < -0.3 is 5.32 Å². The number of fused-ring (bicyclic) bond motifs is 1. The van der Waals surface area contributed by atoms with E-state index in [2.05, 4.69) is 17.1 Å². The van der Waals surface area contributed by atoms with Gasteiger partial charge in [-0.1, -0.05) is 12.8 Å². The van der Waals surface area contributed by atoms with E-state index in [1.54, 1.807) is 0 Å². The Morgan fingerprint density at radius 2 is 1.94 bits per heavy atom. The van der Waals surface area contributed by atoms with Crippen molar-refractivity contribution in [1.29, 1.82) is 0 Å². The monoisotopic (exact) mass is 236 g/mol. The fourth-order valence-electron chi connectivity index (χ4n) is 4.46. The maximum Gasteiger partial charge on any atom is 0.0281 e. The molecular formula is C15H28N2. The van der Waals surface area contributed by atoms with E-state index in [0.29, 0.717) is 5.54 Å². The van der Waals surface area contributed by atoms with Crippen molar-refractivity contribution >= 4 is 0 Å². The van der Waals surface area contributed by atoms with E-state index in [9.17, 15) is 0 Å². The molecule has 2 nitrogen and oxygen atoms in total. The first-order chi connectivity index (χ1) is 8.27. The third kappa shape index (κ3) is 2.53. The van der Waals surface area contributed by atoms with E-state index in [4.69, 9.17) is 0 Å². The minimum atomic E-state index is 0.416. The van der Waals surface area contributed by atoms with Crippen LogP contribution in [0.3, 0.4) is 0 Å². The SMILES string of the molecule is CC1(CN2CCC[C@H]3CCCC[C@H]32)CCCN1. The van der Waals surface area contributed by atoms with E-state index in [1.807, 2.05) is 0 Å². The smallest absolute Gasteiger partial charge is 0.0281 e. The Bertz CT molecular complexity index is 256. The molecule has 0 amide bonds. The second-order valence-corrected chi connectivity index (χ2v) is 6.82. The molecule has 0 aromatic heterocycles. The zero-order chi connectivity index (χ0) is 11.7. The van der Waals surface area contributed by atoms with Gasteiger partial charge in [0.15, 0.2) is 0 Å². The first-order valence-electron chi connectivity index (χ1n) is 7.76. The minimum Gasteiger partial charge on any atom is -0.310 e. The molecule has 1 N–H and O–H groups in total. The molecule has 0 aromatic carbocycles. The van der Waals surface area contributed by atoms with Gasteiger partial charge in [0.05, 0.1) is 0 Å². The third-order valence-electron chi connectivity index (χ3n) is 5.37. The number of hydrogen-bond acceptors (Lipinski definition) is 2. The Kier molecular flexibility index (Phi) is 3.45. The summed E-state index contributed by atoms with van der Waals surface area (Å²) < 4.78 is 0. The molecule has 1 saturated carbocycles. The number of rotatable bonds is 2. The molecule has 1 unspecified atom stereocenters. The summed E-state index contributed by atoms with van der Waals surface area (Å²) in [5.41, 5.74) is 0.416. The van der Waals surface area contributed by atoms with Crippen LogP contribution in [-0.2, 0) is 0 Å². The second kappa shape index (κ2) is 4.89. The van der Waals surface area contributed by atoms with Crippen molar-refractivity contribution in [3.05, 3.63) is 0 Å². The van der Waals surface area contributed by atoms with Crippen LogP contribution in [0, 0.1) is 5.92 Å². The predicted molar refractivity (Wildman–Crippen MR) is 72.2 cm³/mol. The molecule has 1 aliphatic carbocycles. The van der Waals surface area contributed by atoms with Crippen molar-refractivity contribution in [2.45, 2.75) is 69.9 Å². The van der Waals surface area contributed by atoms with Crippen LogP contribution in [0.15, 0.2) is 0 Å². The fourth-order valence-corrected chi connectivity index (χ4v) is 4.46. The van der Waals surface area contributed by atoms with Gasteiger partial charge in [-0.15, -0.1) is 0 Å². The molecule has 0 spiro atoms. The highest BCUT2D eigenvalue weighted by Crippen LogP contribution is 2.36. The molecule has 17 heavy (non-hydrogen) atoms. The molecule has 2 heterocycles. The van der Waals surface area contributed by atoms with Crippen molar-refractivity contribution in [3.63, 3.8) is 0 Å².